The number of nitrogens with two attached hydrogens (primary N) is 1. The zero-order valence-electron chi connectivity index (χ0n) is 8.76. The number of hydrogen-bond donors (Lipinski definition) is 2. The smallest absolute Gasteiger partial charge is 0.313 e. The van der Waals surface area contributed by atoms with Crippen molar-refractivity contribution in [2.45, 2.75) is 38.6 Å². The monoisotopic (exact) mass is 195 g/mol. The lowest BCUT2D eigenvalue weighted by Gasteiger charge is -2.41. The summed E-state index contributed by atoms with van der Waals surface area (Å²) in [6, 6.07) is 0. The van der Waals surface area contributed by atoms with Crippen molar-refractivity contribution in [2.24, 2.45) is 16.6 Å². The highest BCUT2D eigenvalue weighted by atomic mass is 16.4. The molecule has 3 N–H and O–H groups in total. The maximum Gasteiger partial charge on any atom is 0.313 e. The Labute approximate surface area is 84.0 Å². The third-order valence-electron chi connectivity index (χ3n) is 4.60. The molecule has 2 saturated carbocycles. The molecule has 2 fully saturated rings. The third-order valence-corrected chi connectivity index (χ3v) is 4.60. The van der Waals surface area contributed by atoms with Gasteiger partial charge in [0.1, 0.15) is 0 Å². The van der Waals surface area contributed by atoms with E-state index in [2.05, 4.69) is 6.58 Å². The van der Waals surface area contributed by atoms with Gasteiger partial charge >= 0.3 is 5.97 Å². The summed E-state index contributed by atoms with van der Waals surface area (Å²) in [5, 5.41) is 9.29. The summed E-state index contributed by atoms with van der Waals surface area (Å²) < 4.78 is 0. The van der Waals surface area contributed by atoms with E-state index in [1.165, 1.54) is 0 Å². The van der Waals surface area contributed by atoms with E-state index in [4.69, 9.17) is 5.73 Å². The van der Waals surface area contributed by atoms with Crippen molar-refractivity contribution in [1.29, 1.82) is 0 Å². The van der Waals surface area contributed by atoms with Crippen LogP contribution in [0.4, 0.5) is 0 Å². The van der Waals surface area contributed by atoms with Crippen LogP contribution in [0.2, 0.25) is 0 Å². The fraction of sp³-hybridized carbons (Fsp3) is 0.727. The average molecular weight is 195 g/mol. The second-order valence-corrected chi connectivity index (χ2v) is 5.32. The molecule has 14 heavy (non-hydrogen) atoms. The van der Waals surface area contributed by atoms with Gasteiger partial charge in [0.2, 0.25) is 0 Å². The second kappa shape index (κ2) is 2.22. The van der Waals surface area contributed by atoms with Crippen LogP contribution < -0.4 is 5.73 Å². The fourth-order valence-electron chi connectivity index (χ4n) is 3.15. The molecule has 0 amide bonds. The predicted octanol–water partition coefficient (Wildman–Crippen LogP) is 1.53. The lowest BCUT2D eigenvalue weighted by molar-refractivity contribution is -0.146. The van der Waals surface area contributed by atoms with Crippen LogP contribution in [0.5, 0.6) is 0 Å². The minimum absolute atomic E-state index is 0.246. The maximum absolute atomic E-state index is 11.3. The number of carboxylic acids is 1. The van der Waals surface area contributed by atoms with Crippen LogP contribution in [0.15, 0.2) is 12.2 Å². The summed E-state index contributed by atoms with van der Waals surface area (Å²) in [5.74, 6) is -0.750. The molecule has 0 radical (unpaired) electrons. The summed E-state index contributed by atoms with van der Waals surface area (Å²) in [7, 11) is 0. The number of hydrogen-bond acceptors (Lipinski definition) is 2. The molecule has 3 nitrogen and oxygen atoms in total. The molecule has 2 unspecified atom stereocenters. The normalized spacial score (nSPS) is 44.4. The van der Waals surface area contributed by atoms with E-state index in [1.807, 2.05) is 13.8 Å². The van der Waals surface area contributed by atoms with Crippen molar-refractivity contribution in [2.75, 3.05) is 0 Å². The van der Waals surface area contributed by atoms with Gasteiger partial charge in [0.15, 0.2) is 0 Å². The molecule has 0 aromatic rings. The van der Waals surface area contributed by atoms with Crippen LogP contribution in [0, 0.1) is 10.8 Å². The van der Waals surface area contributed by atoms with Crippen LogP contribution in [0.1, 0.15) is 33.1 Å². The van der Waals surface area contributed by atoms with Crippen molar-refractivity contribution >= 4 is 5.97 Å². The molecule has 78 valence electrons. The first-order valence-electron chi connectivity index (χ1n) is 4.98. The summed E-state index contributed by atoms with van der Waals surface area (Å²) in [6.45, 7) is 7.99. The Morgan fingerprint density at radius 2 is 2.07 bits per heavy atom. The van der Waals surface area contributed by atoms with Gasteiger partial charge in [-0.25, -0.2) is 0 Å². The minimum atomic E-state index is -0.750. The Bertz CT molecular complexity index is 334. The van der Waals surface area contributed by atoms with Crippen molar-refractivity contribution in [3.63, 3.8) is 0 Å². The van der Waals surface area contributed by atoms with Crippen LogP contribution in [-0.2, 0) is 4.79 Å². The maximum atomic E-state index is 11.3. The Hall–Kier alpha value is -0.830. The van der Waals surface area contributed by atoms with Gasteiger partial charge in [-0.3, -0.25) is 4.79 Å². The van der Waals surface area contributed by atoms with Gasteiger partial charge in [-0.2, -0.15) is 0 Å². The van der Waals surface area contributed by atoms with Gasteiger partial charge in [-0.15, -0.1) is 0 Å². The summed E-state index contributed by atoms with van der Waals surface area (Å²) in [4.78, 5) is 11.3. The standard InChI is InChI=1S/C11H17NO2/c1-7-9(2,3)11(12)5-4-10(7,6-11)8(13)14/h1,4-6,12H2,2-3H3,(H,13,14). The topological polar surface area (TPSA) is 63.3 Å². The van der Waals surface area contributed by atoms with E-state index in [0.717, 1.165) is 12.0 Å². The highest BCUT2D eigenvalue weighted by molar-refractivity contribution is 5.81. The van der Waals surface area contributed by atoms with E-state index in [0.29, 0.717) is 12.8 Å². The van der Waals surface area contributed by atoms with Gasteiger partial charge < -0.3 is 10.8 Å². The fourth-order valence-corrected chi connectivity index (χ4v) is 3.15. The summed E-state index contributed by atoms with van der Waals surface area (Å²) >= 11 is 0. The molecule has 0 aliphatic heterocycles. The highest BCUT2D eigenvalue weighted by Gasteiger charge is 2.67. The Morgan fingerprint density at radius 3 is 2.36 bits per heavy atom. The molecule has 2 atom stereocenters. The lowest BCUT2D eigenvalue weighted by Crippen LogP contribution is -2.49. The molecular formula is C11H17NO2. The van der Waals surface area contributed by atoms with Crippen LogP contribution in [0.3, 0.4) is 0 Å². The van der Waals surface area contributed by atoms with E-state index >= 15 is 0 Å². The minimum Gasteiger partial charge on any atom is -0.481 e. The molecule has 0 aromatic carbocycles. The Balaban J connectivity index is 2.54. The largest absolute Gasteiger partial charge is 0.481 e. The van der Waals surface area contributed by atoms with E-state index < -0.39 is 11.4 Å². The molecule has 0 heterocycles. The van der Waals surface area contributed by atoms with E-state index in [1.54, 1.807) is 0 Å². The van der Waals surface area contributed by atoms with Gasteiger partial charge in [0.25, 0.3) is 0 Å². The van der Waals surface area contributed by atoms with Crippen LogP contribution in [0.25, 0.3) is 0 Å². The van der Waals surface area contributed by atoms with E-state index in [9.17, 15) is 9.90 Å². The zero-order chi connectivity index (χ0) is 10.8. The molecule has 3 heteroatoms. The first kappa shape index (κ1) is 9.71. The van der Waals surface area contributed by atoms with Crippen molar-refractivity contribution < 1.29 is 9.90 Å². The van der Waals surface area contributed by atoms with Gasteiger partial charge in [0, 0.05) is 11.0 Å². The number of fused-ring (bicyclic) bond motifs is 2. The molecule has 2 rings (SSSR count). The second-order valence-electron chi connectivity index (χ2n) is 5.32. The number of aliphatic carboxylic acids is 1. The van der Waals surface area contributed by atoms with Gasteiger partial charge in [-0.1, -0.05) is 26.0 Å². The average Bonchev–Trinajstić information content (AvgIpc) is 2.49. The molecule has 2 aliphatic rings. The number of rotatable bonds is 1. The van der Waals surface area contributed by atoms with Crippen molar-refractivity contribution in [3.05, 3.63) is 12.2 Å². The van der Waals surface area contributed by atoms with Crippen LogP contribution >= 0.6 is 0 Å². The van der Waals surface area contributed by atoms with Crippen molar-refractivity contribution in [1.82, 2.24) is 0 Å². The molecule has 0 aromatic heterocycles. The summed E-state index contributed by atoms with van der Waals surface area (Å²) in [5.41, 5.74) is 5.74. The molecular weight excluding hydrogens is 178 g/mol. The van der Waals surface area contributed by atoms with Gasteiger partial charge in [0.05, 0.1) is 5.41 Å². The number of carboxylic acid groups (broad SMARTS) is 1. The third kappa shape index (κ3) is 0.753. The quantitative estimate of drug-likeness (QED) is 0.624. The first-order chi connectivity index (χ1) is 6.26. The SMILES string of the molecule is C=C1C2(C(=O)O)CCC(N)(C2)C1(C)C. The Morgan fingerprint density at radius 1 is 1.50 bits per heavy atom. The van der Waals surface area contributed by atoms with Gasteiger partial charge in [-0.05, 0) is 19.3 Å². The molecule has 0 spiro atoms. The van der Waals surface area contributed by atoms with E-state index in [-0.39, 0.29) is 11.0 Å². The number of carbonyl (C=O) groups is 1. The van der Waals surface area contributed by atoms with Crippen LogP contribution in [-0.4, -0.2) is 16.6 Å². The first-order valence-corrected chi connectivity index (χ1v) is 4.98. The summed E-state index contributed by atoms with van der Waals surface area (Å²) in [6.07, 6.45) is 2.01. The molecule has 2 bridgehead atoms. The highest BCUT2D eigenvalue weighted by Crippen LogP contribution is 2.66. The predicted molar refractivity (Wildman–Crippen MR) is 53.8 cm³/mol. The Kier molecular flexibility index (Phi) is 1.54. The molecule has 2 aliphatic carbocycles. The van der Waals surface area contributed by atoms with Crippen molar-refractivity contribution in [3.8, 4) is 0 Å². The molecule has 0 saturated heterocycles. The lowest BCUT2D eigenvalue weighted by atomic mass is 9.66. The zero-order valence-corrected chi connectivity index (χ0v) is 8.76.